The molecular formula is C18H13Cl2IN4O2. The van der Waals surface area contributed by atoms with Crippen molar-refractivity contribution in [2.75, 3.05) is 5.32 Å². The van der Waals surface area contributed by atoms with Crippen LogP contribution in [0.5, 0.6) is 5.75 Å². The first-order valence-electron chi connectivity index (χ1n) is 8.07. The maximum Gasteiger partial charge on any atom is 0.229 e. The summed E-state index contributed by atoms with van der Waals surface area (Å²) in [5.74, 6) is 1.13. The fraction of sp³-hybridized carbons (Fsp3) is 0.167. The first-order valence-corrected chi connectivity index (χ1v) is 9.90. The van der Waals surface area contributed by atoms with E-state index in [9.17, 15) is 4.79 Å². The van der Waals surface area contributed by atoms with Crippen molar-refractivity contribution in [1.82, 2.24) is 14.8 Å². The van der Waals surface area contributed by atoms with Gasteiger partial charge in [-0.25, -0.2) is 4.68 Å². The van der Waals surface area contributed by atoms with Gasteiger partial charge in [-0.05, 0) is 52.4 Å². The highest BCUT2D eigenvalue weighted by molar-refractivity contribution is 14.1. The highest BCUT2D eigenvalue weighted by atomic mass is 127. The largest absolute Gasteiger partial charge is 0.488 e. The number of carbonyl (C=O) groups is 1. The lowest BCUT2D eigenvalue weighted by molar-refractivity contribution is -0.117. The zero-order valence-electron chi connectivity index (χ0n) is 13.8. The Kier molecular flexibility index (Phi) is 5.25. The van der Waals surface area contributed by atoms with Crippen LogP contribution < -0.4 is 10.1 Å². The Hall–Kier alpha value is -1.84. The van der Waals surface area contributed by atoms with Crippen LogP contribution >= 0.6 is 45.8 Å². The van der Waals surface area contributed by atoms with Crippen molar-refractivity contribution in [1.29, 1.82) is 0 Å². The number of nitrogens with one attached hydrogen (secondary N) is 1. The number of amides is 1. The molecule has 0 fully saturated rings. The third kappa shape index (κ3) is 3.90. The minimum atomic E-state index is -0.190. The molecule has 0 unspecified atom stereocenters. The van der Waals surface area contributed by atoms with E-state index in [1.165, 1.54) is 6.33 Å². The van der Waals surface area contributed by atoms with Gasteiger partial charge in [0, 0.05) is 15.6 Å². The lowest BCUT2D eigenvalue weighted by Gasteiger charge is -2.24. The second-order valence-electron chi connectivity index (χ2n) is 6.01. The van der Waals surface area contributed by atoms with E-state index in [2.05, 4.69) is 38.0 Å². The van der Waals surface area contributed by atoms with Crippen LogP contribution in [0, 0.1) is 3.57 Å². The highest BCUT2D eigenvalue weighted by Crippen LogP contribution is 2.32. The van der Waals surface area contributed by atoms with Gasteiger partial charge in [-0.2, -0.15) is 10.1 Å². The average Bonchev–Trinajstić information content (AvgIpc) is 3.09. The number of fused-ring (bicyclic) bond motifs is 1. The van der Waals surface area contributed by atoms with Crippen molar-refractivity contribution < 1.29 is 9.53 Å². The van der Waals surface area contributed by atoms with Crippen LogP contribution in [0.1, 0.15) is 23.6 Å². The molecule has 6 nitrogen and oxygen atoms in total. The molecule has 1 amide bonds. The fourth-order valence-electron chi connectivity index (χ4n) is 2.90. The molecule has 4 rings (SSSR count). The summed E-state index contributed by atoms with van der Waals surface area (Å²) in [7, 11) is 0. The molecule has 0 spiro atoms. The van der Waals surface area contributed by atoms with Crippen LogP contribution in [-0.4, -0.2) is 20.7 Å². The van der Waals surface area contributed by atoms with Crippen molar-refractivity contribution in [3.8, 4) is 5.75 Å². The van der Waals surface area contributed by atoms with Gasteiger partial charge in [0.05, 0.1) is 16.0 Å². The maximum absolute atomic E-state index is 11.9. The van der Waals surface area contributed by atoms with Crippen LogP contribution in [0.15, 0.2) is 42.7 Å². The summed E-state index contributed by atoms with van der Waals surface area (Å²) in [6.07, 6.45) is 1.75. The number of benzene rings is 2. The molecule has 1 N–H and O–H groups in total. The number of rotatable bonds is 4. The van der Waals surface area contributed by atoms with Crippen molar-refractivity contribution in [2.24, 2.45) is 0 Å². The zero-order valence-corrected chi connectivity index (χ0v) is 17.5. The van der Waals surface area contributed by atoms with Gasteiger partial charge in [0.15, 0.2) is 0 Å². The molecule has 9 heteroatoms. The molecular weight excluding hydrogens is 502 g/mol. The van der Waals surface area contributed by atoms with E-state index in [-0.39, 0.29) is 11.9 Å². The molecule has 0 saturated carbocycles. The zero-order chi connectivity index (χ0) is 19.0. The van der Waals surface area contributed by atoms with Gasteiger partial charge in [-0.1, -0.05) is 35.3 Å². The summed E-state index contributed by atoms with van der Waals surface area (Å²) in [6.45, 7) is 0.338. The van der Waals surface area contributed by atoms with Crippen LogP contribution in [-0.2, 0) is 11.4 Å². The minimum Gasteiger partial charge on any atom is -0.488 e. The summed E-state index contributed by atoms with van der Waals surface area (Å²) in [5, 5.41) is 8.10. The molecule has 0 saturated heterocycles. The van der Waals surface area contributed by atoms with Gasteiger partial charge in [0.2, 0.25) is 11.9 Å². The normalized spacial score (nSPS) is 16.0. The van der Waals surface area contributed by atoms with Gasteiger partial charge in [0.25, 0.3) is 0 Å². The topological polar surface area (TPSA) is 69.0 Å². The standard InChI is InChI=1S/C18H13Cl2IN4O2/c19-12-3-1-11(13(20)6-12)8-27-16-4-2-10(5-14(16)21)15-7-17(26)24-18-22-9-23-25(15)18/h1-6,9,15H,7-8H2,(H,22,23,24,26)/t15-/m1/s1. The lowest BCUT2D eigenvalue weighted by atomic mass is 10.0. The van der Waals surface area contributed by atoms with E-state index >= 15 is 0 Å². The van der Waals surface area contributed by atoms with Crippen molar-refractivity contribution in [3.63, 3.8) is 0 Å². The summed E-state index contributed by atoms with van der Waals surface area (Å²) in [6, 6.07) is 11.0. The monoisotopic (exact) mass is 514 g/mol. The molecule has 2 aromatic carbocycles. The molecule has 2 heterocycles. The predicted molar refractivity (Wildman–Crippen MR) is 111 cm³/mol. The van der Waals surface area contributed by atoms with E-state index < -0.39 is 0 Å². The molecule has 138 valence electrons. The fourth-order valence-corrected chi connectivity index (χ4v) is 4.06. The number of ether oxygens (including phenoxy) is 1. The maximum atomic E-state index is 11.9. The van der Waals surface area contributed by atoms with E-state index in [1.54, 1.807) is 16.8 Å². The van der Waals surface area contributed by atoms with Gasteiger partial charge in [0.1, 0.15) is 18.7 Å². The Morgan fingerprint density at radius 3 is 2.89 bits per heavy atom. The molecule has 1 atom stereocenters. The van der Waals surface area contributed by atoms with Crippen LogP contribution in [0.25, 0.3) is 0 Å². The second kappa shape index (κ2) is 7.65. The van der Waals surface area contributed by atoms with Gasteiger partial charge in [-0.3, -0.25) is 10.1 Å². The molecule has 0 radical (unpaired) electrons. The Bertz CT molecular complexity index is 1020. The van der Waals surface area contributed by atoms with E-state index in [0.29, 0.717) is 29.0 Å². The lowest BCUT2D eigenvalue weighted by Crippen LogP contribution is -2.29. The molecule has 1 aliphatic rings. The van der Waals surface area contributed by atoms with E-state index in [0.717, 1.165) is 20.4 Å². The summed E-state index contributed by atoms with van der Waals surface area (Å²) in [5.41, 5.74) is 1.83. The Morgan fingerprint density at radius 2 is 2.11 bits per heavy atom. The third-order valence-corrected chi connectivity index (χ3v) is 5.67. The number of hydrogen-bond acceptors (Lipinski definition) is 4. The average molecular weight is 515 g/mol. The third-order valence-electron chi connectivity index (χ3n) is 4.24. The Labute approximate surface area is 179 Å². The van der Waals surface area contributed by atoms with Gasteiger partial charge in [-0.15, -0.1) is 0 Å². The van der Waals surface area contributed by atoms with Crippen LogP contribution in [0.2, 0.25) is 10.0 Å². The molecule has 27 heavy (non-hydrogen) atoms. The highest BCUT2D eigenvalue weighted by Gasteiger charge is 2.28. The molecule has 0 bridgehead atoms. The van der Waals surface area contributed by atoms with Crippen molar-refractivity contribution in [2.45, 2.75) is 19.1 Å². The summed E-state index contributed by atoms with van der Waals surface area (Å²) in [4.78, 5) is 16.0. The van der Waals surface area contributed by atoms with E-state index in [4.69, 9.17) is 27.9 Å². The molecule has 1 aromatic heterocycles. The quantitative estimate of drug-likeness (QED) is 0.512. The first-order chi connectivity index (χ1) is 13.0. The van der Waals surface area contributed by atoms with Gasteiger partial charge < -0.3 is 4.74 Å². The van der Waals surface area contributed by atoms with Crippen LogP contribution in [0.3, 0.4) is 0 Å². The Balaban J connectivity index is 1.54. The summed E-state index contributed by atoms with van der Waals surface area (Å²) >= 11 is 14.3. The van der Waals surface area contributed by atoms with Crippen LogP contribution in [0.4, 0.5) is 5.95 Å². The first kappa shape index (κ1) is 18.5. The van der Waals surface area contributed by atoms with Gasteiger partial charge >= 0.3 is 0 Å². The van der Waals surface area contributed by atoms with Crippen molar-refractivity contribution >= 4 is 57.6 Å². The van der Waals surface area contributed by atoms with E-state index in [1.807, 2.05) is 24.3 Å². The predicted octanol–water partition coefficient (Wildman–Crippen LogP) is 4.70. The number of aromatic nitrogens is 3. The SMILES string of the molecule is O=C1C[C@H](c2ccc(OCc3ccc(Cl)cc3Cl)c(I)c2)n2ncnc2N1. The number of anilines is 1. The van der Waals surface area contributed by atoms with Crippen molar-refractivity contribution in [3.05, 3.63) is 67.5 Å². The summed E-state index contributed by atoms with van der Waals surface area (Å²) < 4.78 is 8.57. The number of nitrogens with zero attached hydrogens (tertiary/aromatic N) is 3. The molecule has 3 aromatic rings. The number of hydrogen-bond donors (Lipinski definition) is 1. The molecule has 1 aliphatic heterocycles. The molecule has 0 aliphatic carbocycles. The smallest absolute Gasteiger partial charge is 0.229 e. The number of halogens is 3. The second-order valence-corrected chi connectivity index (χ2v) is 8.02. The Morgan fingerprint density at radius 1 is 1.26 bits per heavy atom. The minimum absolute atomic E-state index is 0.0757. The number of carbonyl (C=O) groups excluding carboxylic acids is 1.